The standard InChI is InChI=1S/C19H16O4/c1-13(20)22-19-16(12-14-8-4-2-5-9-14)17(18(21)23-19)15-10-6-3-7-11-15/h2-11,19H,12H2,1H3. The molecule has 116 valence electrons. The minimum atomic E-state index is -0.963. The summed E-state index contributed by atoms with van der Waals surface area (Å²) in [5.74, 6) is -0.948. The molecule has 0 amide bonds. The molecule has 0 saturated heterocycles. The van der Waals surface area contributed by atoms with Crippen LogP contribution in [-0.2, 0) is 25.5 Å². The first-order valence-electron chi connectivity index (χ1n) is 7.36. The quantitative estimate of drug-likeness (QED) is 0.814. The van der Waals surface area contributed by atoms with Crippen LogP contribution in [-0.4, -0.2) is 18.2 Å². The molecule has 1 unspecified atom stereocenters. The minimum absolute atomic E-state index is 0.464. The van der Waals surface area contributed by atoms with E-state index in [4.69, 9.17) is 9.47 Å². The molecule has 2 aromatic rings. The second-order valence-corrected chi connectivity index (χ2v) is 5.28. The van der Waals surface area contributed by atoms with Crippen molar-refractivity contribution in [1.29, 1.82) is 0 Å². The highest BCUT2D eigenvalue weighted by Crippen LogP contribution is 2.33. The molecule has 4 heteroatoms. The summed E-state index contributed by atoms with van der Waals surface area (Å²) in [4.78, 5) is 23.6. The van der Waals surface area contributed by atoms with E-state index in [1.165, 1.54) is 6.92 Å². The van der Waals surface area contributed by atoms with Crippen LogP contribution >= 0.6 is 0 Å². The van der Waals surface area contributed by atoms with Gasteiger partial charge in [-0.2, -0.15) is 0 Å². The molecule has 0 aromatic heterocycles. The lowest BCUT2D eigenvalue weighted by Gasteiger charge is -2.14. The fraction of sp³-hybridized carbons (Fsp3) is 0.158. The summed E-state index contributed by atoms with van der Waals surface area (Å²) < 4.78 is 10.4. The Morgan fingerprint density at radius 1 is 1.04 bits per heavy atom. The third kappa shape index (κ3) is 3.31. The van der Waals surface area contributed by atoms with Gasteiger partial charge in [-0.15, -0.1) is 0 Å². The highest BCUT2D eigenvalue weighted by Gasteiger charge is 2.36. The van der Waals surface area contributed by atoms with E-state index in [1.807, 2.05) is 60.7 Å². The Bertz CT molecular complexity index is 747. The van der Waals surface area contributed by atoms with E-state index in [0.717, 1.165) is 11.1 Å². The smallest absolute Gasteiger partial charge is 0.342 e. The van der Waals surface area contributed by atoms with E-state index in [0.29, 0.717) is 17.6 Å². The second-order valence-electron chi connectivity index (χ2n) is 5.28. The van der Waals surface area contributed by atoms with E-state index >= 15 is 0 Å². The maximum atomic E-state index is 12.3. The molecule has 1 atom stereocenters. The first-order chi connectivity index (χ1) is 11.1. The number of hydrogen-bond donors (Lipinski definition) is 0. The van der Waals surface area contributed by atoms with Crippen molar-refractivity contribution >= 4 is 17.5 Å². The van der Waals surface area contributed by atoms with E-state index in [-0.39, 0.29) is 0 Å². The zero-order valence-corrected chi connectivity index (χ0v) is 12.7. The first-order valence-corrected chi connectivity index (χ1v) is 7.36. The number of ether oxygens (including phenoxy) is 2. The lowest BCUT2D eigenvalue weighted by Crippen LogP contribution is -2.20. The molecule has 0 bridgehead atoms. The molecule has 2 aromatic carbocycles. The largest absolute Gasteiger partial charge is 0.421 e. The summed E-state index contributed by atoms with van der Waals surface area (Å²) >= 11 is 0. The highest BCUT2D eigenvalue weighted by atomic mass is 16.7. The fourth-order valence-electron chi connectivity index (χ4n) is 2.62. The van der Waals surface area contributed by atoms with Gasteiger partial charge in [0.2, 0.25) is 0 Å². The van der Waals surface area contributed by atoms with Gasteiger partial charge in [0.15, 0.2) is 0 Å². The summed E-state index contributed by atoms with van der Waals surface area (Å²) in [6.07, 6.45) is -0.482. The normalized spacial score (nSPS) is 17.1. The minimum Gasteiger partial charge on any atom is -0.421 e. The van der Waals surface area contributed by atoms with Crippen molar-refractivity contribution in [2.45, 2.75) is 19.6 Å². The molecule has 3 rings (SSSR count). The van der Waals surface area contributed by atoms with Gasteiger partial charge in [0.1, 0.15) is 0 Å². The van der Waals surface area contributed by atoms with Crippen LogP contribution in [0.5, 0.6) is 0 Å². The molecular weight excluding hydrogens is 292 g/mol. The summed E-state index contributed by atoms with van der Waals surface area (Å²) in [7, 11) is 0. The van der Waals surface area contributed by atoms with Gasteiger partial charge >= 0.3 is 11.9 Å². The van der Waals surface area contributed by atoms with E-state index in [2.05, 4.69) is 0 Å². The van der Waals surface area contributed by atoms with Gasteiger partial charge in [-0.25, -0.2) is 4.79 Å². The van der Waals surface area contributed by atoms with Crippen LogP contribution in [0, 0.1) is 0 Å². The number of hydrogen-bond acceptors (Lipinski definition) is 4. The lowest BCUT2D eigenvalue weighted by molar-refractivity contribution is -0.172. The number of cyclic esters (lactones) is 1. The summed E-state index contributed by atoms with van der Waals surface area (Å²) in [6, 6.07) is 19.0. The van der Waals surface area contributed by atoms with Crippen LogP contribution in [0.15, 0.2) is 66.2 Å². The van der Waals surface area contributed by atoms with Crippen LogP contribution in [0.25, 0.3) is 5.57 Å². The van der Waals surface area contributed by atoms with Crippen molar-refractivity contribution in [1.82, 2.24) is 0 Å². The average molecular weight is 308 g/mol. The molecular formula is C19H16O4. The summed E-state index contributed by atoms with van der Waals surface area (Å²) in [5, 5.41) is 0. The molecule has 0 aliphatic carbocycles. The molecule has 0 saturated carbocycles. The molecule has 0 spiro atoms. The topological polar surface area (TPSA) is 52.6 Å². The first kappa shape index (κ1) is 15.0. The van der Waals surface area contributed by atoms with Crippen molar-refractivity contribution in [3.05, 3.63) is 77.4 Å². The monoisotopic (exact) mass is 308 g/mol. The van der Waals surface area contributed by atoms with Crippen LogP contribution in [0.2, 0.25) is 0 Å². The Kier molecular flexibility index (Phi) is 4.24. The molecule has 23 heavy (non-hydrogen) atoms. The highest BCUT2D eigenvalue weighted by molar-refractivity contribution is 6.19. The van der Waals surface area contributed by atoms with E-state index in [9.17, 15) is 9.59 Å². The predicted octanol–water partition coefficient (Wildman–Crippen LogP) is 3.13. The zero-order chi connectivity index (χ0) is 16.2. The SMILES string of the molecule is CC(=O)OC1OC(=O)C(c2ccccc2)=C1Cc1ccccc1. The Balaban J connectivity index is 2.04. The van der Waals surface area contributed by atoms with Gasteiger partial charge < -0.3 is 9.47 Å². The number of carbonyl (C=O) groups is 2. The van der Waals surface area contributed by atoms with Crippen molar-refractivity contribution in [2.75, 3.05) is 0 Å². The number of carbonyl (C=O) groups excluding carboxylic acids is 2. The molecule has 1 aliphatic heterocycles. The fourth-order valence-corrected chi connectivity index (χ4v) is 2.62. The maximum absolute atomic E-state index is 12.3. The van der Waals surface area contributed by atoms with Gasteiger partial charge in [0, 0.05) is 18.9 Å². The maximum Gasteiger partial charge on any atom is 0.342 e. The van der Waals surface area contributed by atoms with E-state index in [1.54, 1.807) is 0 Å². The zero-order valence-electron chi connectivity index (χ0n) is 12.7. The Morgan fingerprint density at radius 3 is 2.26 bits per heavy atom. The van der Waals surface area contributed by atoms with Gasteiger partial charge in [-0.05, 0) is 11.1 Å². The van der Waals surface area contributed by atoms with Crippen LogP contribution in [0.1, 0.15) is 18.1 Å². The Labute approximate surface area is 134 Å². The van der Waals surface area contributed by atoms with Gasteiger partial charge in [0.25, 0.3) is 6.29 Å². The molecule has 0 N–H and O–H groups in total. The van der Waals surface area contributed by atoms with Crippen LogP contribution < -0.4 is 0 Å². The molecule has 0 fully saturated rings. The van der Waals surface area contributed by atoms with Crippen LogP contribution in [0.4, 0.5) is 0 Å². The van der Waals surface area contributed by atoms with Crippen molar-refractivity contribution < 1.29 is 19.1 Å². The molecule has 4 nitrogen and oxygen atoms in total. The molecule has 1 heterocycles. The van der Waals surface area contributed by atoms with E-state index < -0.39 is 18.2 Å². The Morgan fingerprint density at radius 2 is 1.65 bits per heavy atom. The average Bonchev–Trinajstić information content (AvgIpc) is 2.84. The third-order valence-electron chi connectivity index (χ3n) is 3.60. The van der Waals surface area contributed by atoms with Crippen molar-refractivity contribution in [3.8, 4) is 0 Å². The Hall–Kier alpha value is -2.88. The van der Waals surface area contributed by atoms with Gasteiger partial charge in [-0.1, -0.05) is 60.7 Å². The third-order valence-corrected chi connectivity index (χ3v) is 3.60. The summed E-state index contributed by atoms with van der Waals surface area (Å²) in [5.41, 5.74) is 2.92. The second kappa shape index (κ2) is 6.48. The number of benzene rings is 2. The lowest BCUT2D eigenvalue weighted by atomic mass is 9.96. The van der Waals surface area contributed by atoms with Crippen LogP contribution in [0.3, 0.4) is 0 Å². The molecule has 0 radical (unpaired) electrons. The van der Waals surface area contributed by atoms with Crippen molar-refractivity contribution in [2.24, 2.45) is 0 Å². The number of rotatable bonds is 4. The van der Waals surface area contributed by atoms with Gasteiger partial charge in [0.05, 0.1) is 5.57 Å². The summed E-state index contributed by atoms with van der Waals surface area (Å²) in [6.45, 7) is 1.30. The van der Waals surface area contributed by atoms with Crippen molar-refractivity contribution in [3.63, 3.8) is 0 Å². The van der Waals surface area contributed by atoms with Gasteiger partial charge in [-0.3, -0.25) is 4.79 Å². The molecule has 1 aliphatic rings. The predicted molar refractivity (Wildman–Crippen MR) is 85.2 cm³/mol. The number of esters is 2.